The molecule has 0 spiro atoms. The molecular weight excluding hydrogens is 244 g/mol. The molecule has 0 saturated heterocycles. The number of carbonyl (C=O) groups is 1. The lowest BCUT2D eigenvalue weighted by Crippen LogP contribution is -2.14. The molecular formula is C13H10N4O2. The summed E-state index contributed by atoms with van der Waals surface area (Å²) in [6, 6.07) is 9.15. The third-order valence-corrected chi connectivity index (χ3v) is 2.55. The summed E-state index contributed by atoms with van der Waals surface area (Å²) in [6.45, 7) is 0. The van der Waals surface area contributed by atoms with Gasteiger partial charge in [0.1, 0.15) is 11.4 Å². The van der Waals surface area contributed by atoms with Gasteiger partial charge >= 0.3 is 0 Å². The van der Waals surface area contributed by atoms with Crippen LogP contribution in [-0.4, -0.2) is 20.3 Å². The van der Waals surface area contributed by atoms with Crippen LogP contribution in [-0.2, 0) is 0 Å². The van der Waals surface area contributed by atoms with Crippen LogP contribution in [0.4, 0.5) is 0 Å². The van der Waals surface area contributed by atoms with Crippen molar-refractivity contribution in [2.24, 2.45) is 5.73 Å². The summed E-state index contributed by atoms with van der Waals surface area (Å²) < 4.78 is 7.28. The quantitative estimate of drug-likeness (QED) is 0.769. The van der Waals surface area contributed by atoms with E-state index in [0.29, 0.717) is 11.4 Å². The number of hydrogen-bond donors (Lipinski definition) is 1. The van der Waals surface area contributed by atoms with E-state index in [1.54, 1.807) is 28.9 Å². The summed E-state index contributed by atoms with van der Waals surface area (Å²) >= 11 is 0. The molecule has 6 heteroatoms. The molecule has 0 fully saturated rings. The number of rotatable bonds is 3. The first-order valence-electron chi connectivity index (χ1n) is 5.60. The van der Waals surface area contributed by atoms with Gasteiger partial charge in [0.2, 0.25) is 5.65 Å². The first kappa shape index (κ1) is 11.2. The van der Waals surface area contributed by atoms with Gasteiger partial charge in [-0.2, -0.15) is 0 Å². The molecule has 2 aromatic heterocycles. The highest BCUT2D eigenvalue weighted by Crippen LogP contribution is 2.23. The number of primary amides is 1. The second-order valence-electron chi connectivity index (χ2n) is 3.87. The number of para-hydroxylation sites is 1. The number of aromatic nitrogens is 3. The molecule has 0 bridgehead atoms. The summed E-state index contributed by atoms with van der Waals surface area (Å²) in [4.78, 5) is 19.5. The van der Waals surface area contributed by atoms with Crippen molar-refractivity contribution in [1.82, 2.24) is 14.4 Å². The summed E-state index contributed by atoms with van der Waals surface area (Å²) in [7, 11) is 0. The minimum absolute atomic E-state index is 0.122. The van der Waals surface area contributed by atoms with Crippen molar-refractivity contribution in [3.8, 4) is 11.6 Å². The maximum absolute atomic E-state index is 11.2. The van der Waals surface area contributed by atoms with Crippen molar-refractivity contribution < 1.29 is 9.53 Å². The van der Waals surface area contributed by atoms with Crippen LogP contribution in [0.15, 0.2) is 48.9 Å². The van der Waals surface area contributed by atoms with E-state index in [1.807, 2.05) is 18.2 Å². The first-order valence-corrected chi connectivity index (χ1v) is 5.60. The minimum Gasteiger partial charge on any atom is -0.436 e. The number of carbonyl (C=O) groups excluding carboxylic acids is 1. The van der Waals surface area contributed by atoms with Gasteiger partial charge in [-0.15, -0.1) is 0 Å². The van der Waals surface area contributed by atoms with Crippen LogP contribution in [0, 0.1) is 0 Å². The highest BCUT2D eigenvalue weighted by Gasteiger charge is 2.12. The number of nitrogens with zero attached hydrogens (tertiary/aromatic N) is 3. The Kier molecular flexibility index (Phi) is 2.60. The van der Waals surface area contributed by atoms with Crippen LogP contribution in [0.3, 0.4) is 0 Å². The molecule has 0 atom stereocenters. The molecule has 2 heterocycles. The molecule has 0 saturated carbocycles. The zero-order valence-corrected chi connectivity index (χ0v) is 9.85. The Morgan fingerprint density at radius 3 is 2.79 bits per heavy atom. The van der Waals surface area contributed by atoms with Gasteiger partial charge in [0.05, 0.1) is 0 Å². The van der Waals surface area contributed by atoms with Gasteiger partial charge in [0, 0.05) is 18.6 Å². The number of benzene rings is 1. The van der Waals surface area contributed by atoms with Gasteiger partial charge in [0.15, 0.2) is 0 Å². The number of imidazole rings is 1. The maximum atomic E-state index is 11.2. The van der Waals surface area contributed by atoms with Crippen molar-refractivity contribution in [1.29, 1.82) is 0 Å². The molecule has 0 unspecified atom stereocenters. The topological polar surface area (TPSA) is 82.5 Å². The third-order valence-electron chi connectivity index (χ3n) is 2.55. The van der Waals surface area contributed by atoms with Crippen LogP contribution in [0.2, 0.25) is 0 Å². The molecule has 3 aromatic rings. The average molecular weight is 254 g/mol. The summed E-state index contributed by atoms with van der Waals surface area (Å²) in [6.07, 6.45) is 4.81. The predicted molar refractivity (Wildman–Crippen MR) is 68.0 cm³/mol. The second kappa shape index (κ2) is 4.41. The van der Waals surface area contributed by atoms with E-state index >= 15 is 0 Å². The lowest BCUT2D eigenvalue weighted by atomic mass is 10.3. The van der Waals surface area contributed by atoms with Gasteiger partial charge in [-0.05, 0) is 12.1 Å². The lowest BCUT2D eigenvalue weighted by molar-refractivity contribution is 0.0994. The van der Waals surface area contributed by atoms with E-state index in [4.69, 9.17) is 10.5 Å². The molecule has 0 aliphatic rings. The number of nitrogens with two attached hydrogens (primary N) is 1. The molecule has 0 aliphatic heterocycles. The summed E-state index contributed by atoms with van der Waals surface area (Å²) in [5.41, 5.74) is 5.89. The van der Waals surface area contributed by atoms with E-state index in [1.165, 1.54) is 6.20 Å². The van der Waals surface area contributed by atoms with E-state index in [9.17, 15) is 4.79 Å². The normalized spacial score (nSPS) is 10.5. The largest absolute Gasteiger partial charge is 0.436 e. The van der Waals surface area contributed by atoms with Crippen LogP contribution < -0.4 is 10.5 Å². The summed E-state index contributed by atoms with van der Waals surface area (Å²) in [5.74, 6) is 0.238. The number of fused-ring (bicyclic) bond motifs is 1. The zero-order valence-electron chi connectivity index (χ0n) is 9.85. The number of hydrogen-bond acceptors (Lipinski definition) is 4. The molecule has 3 rings (SSSR count). The van der Waals surface area contributed by atoms with Crippen molar-refractivity contribution in [3.63, 3.8) is 0 Å². The monoisotopic (exact) mass is 254 g/mol. The Hall–Kier alpha value is -2.89. The van der Waals surface area contributed by atoms with Crippen molar-refractivity contribution in [2.75, 3.05) is 0 Å². The van der Waals surface area contributed by atoms with Crippen LogP contribution >= 0.6 is 0 Å². The Morgan fingerprint density at radius 1 is 1.26 bits per heavy atom. The molecule has 94 valence electrons. The summed E-state index contributed by atoms with van der Waals surface area (Å²) in [5, 5.41) is 0. The Balaban J connectivity index is 2.11. The van der Waals surface area contributed by atoms with Crippen LogP contribution in [0.1, 0.15) is 10.5 Å². The molecule has 2 N–H and O–H groups in total. The molecule has 0 radical (unpaired) electrons. The second-order valence-corrected chi connectivity index (χ2v) is 3.87. The lowest BCUT2D eigenvalue weighted by Gasteiger charge is -2.07. The Labute approximate surface area is 108 Å². The average Bonchev–Trinajstić information content (AvgIpc) is 2.88. The fourth-order valence-corrected chi connectivity index (χ4v) is 1.69. The van der Waals surface area contributed by atoms with Gasteiger partial charge in [0.25, 0.3) is 11.8 Å². The fraction of sp³-hybridized carbons (Fsp3) is 0. The predicted octanol–water partition coefficient (Wildman–Crippen LogP) is 1.62. The fourth-order valence-electron chi connectivity index (χ4n) is 1.69. The highest BCUT2D eigenvalue weighted by molar-refractivity contribution is 5.91. The Morgan fingerprint density at radius 2 is 2.05 bits per heavy atom. The smallest absolute Gasteiger partial charge is 0.268 e. The van der Waals surface area contributed by atoms with Gasteiger partial charge < -0.3 is 14.9 Å². The maximum Gasteiger partial charge on any atom is 0.268 e. The molecule has 6 nitrogen and oxygen atoms in total. The van der Waals surface area contributed by atoms with Gasteiger partial charge in [-0.3, -0.25) is 4.79 Å². The van der Waals surface area contributed by atoms with Gasteiger partial charge in [-0.1, -0.05) is 18.2 Å². The number of ether oxygens (including phenoxy) is 1. The van der Waals surface area contributed by atoms with E-state index < -0.39 is 5.91 Å². The van der Waals surface area contributed by atoms with Crippen molar-refractivity contribution in [3.05, 3.63) is 54.6 Å². The van der Waals surface area contributed by atoms with E-state index in [-0.39, 0.29) is 11.6 Å². The highest BCUT2D eigenvalue weighted by atomic mass is 16.5. The standard InChI is InChI=1S/C13H10N4O2/c14-11(18)10-8-17-7-6-15-12(17)13(16-10)19-9-4-2-1-3-5-9/h1-8H,(H2,14,18). The SMILES string of the molecule is NC(=O)c1cn2ccnc2c(Oc2ccccc2)n1. The minimum atomic E-state index is -0.617. The molecule has 19 heavy (non-hydrogen) atoms. The van der Waals surface area contributed by atoms with Crippen LogP contribution in [0.5, 0.6) is 11.6 Å². The first-order chi connectivity index (χ1) is 9.24. The molecule has 1 aromatic carbocycles. The molecule has 1 amide bonds. The van der Waals surface area contributed by atoms with Gasteiger partial charge in [-0.25, -0.2) is 9.97 Å². The molecule has 0 aliphatic carbocycles. The van der Waals surface area contributed by atoms with Crippen molar-refractivity contribution in [2.45, 2.75) is 0 Å². The Bertz CT molecular complexity index is 737. The zero-order chi connectivity index (χ0) is 13.2. The van der Waals surface area contributed by atoms with Crippen LogP contribution in [0.25, 0.3) is 5.65 Å². The number of amides is 1. The third kappa shape index (κ3) is 2.11. The van der Waals surface area contributed by atoms with E-state index in [0.717, 1.165) is 0 Å². The van der Waals surface area contributed by atoms with E-state index in [2.05, 4.69) is 9.97 Å². The van der Waals surface area contributed by atoms with Crippen molar-refractivity contribution >= 4 is 11.6 Å².